The van der Waals surface area contributed by atoms with Gasteiger partial charge in [-0.05, 0) is 48.9 Å². The van der Waals surface area contributed by atoms with Crippen molar-refractivity contribution >= 4 is 11.4 Å². The molecule has 1 aliphatic rings. The number of benzene rings is 1. The van der Waals surface area contributed by atoms with Crippen molar-refractivity contribution in [2.24, 2.45) is 20.5 Å². The predicted octanol–water partition coefficient (Wildman–Crippen LogP) is 3.99. The van der Waals surface area contributed by atoms with Gasteiger partial charge in [-0.1, -0.05) is 0 Å². The topological polar surface area (TPSA) is 49.4 Å². The second-order valence-corrected chi connectivity index (χ2v) is 3.87. The molecule has 0 radical (unpaired) electrons. The number of hydrogen-bond donors (Lipinski definition) is 0. The van der Waals surface area contributed by atoms with Crippen molar-refractivity contribution in [3.05, 3.63) is 23.3 Å². The van der Waals surface area contributed by atoms with Crippen LogP contribution in [0.2, 0.25) is 0 Å². The standard InChI is InChI=1S/C12H16N4/c1-13-15-11-7-8-12(16-14-2)10-6-4-3-5-9(10)11/h7-8H,3-6H2,1-2H3. The highest BCUT2D eigenvalue weighted by Gasteiger charge is 2.16. The summed E-state index contributed by atoms with van der Waals surface area (Å²) in [5.74, 6) is 0. The lowest BCUT2D eigenvalue weighted by molar-refractivity contribution is 0.685. The van der Waals surface area contributed by atoms with Crippen molar-refractivity contribution in [2.75, 3.05) is 14.1 Å². The molecule has 0 heterocycles. The molecule has 0 unspecified atom stereocenters. The Morgan fingerprint density at radius 2 is 1.25 bits per heavy atom. The maximum absolute atomic E-state index is 4.17. The van der Waals surface area contributed by atoms with Crippen molar-refractivity contribution in [1.82, 2.24) is 0 Å². The SMILES string of the molecule is CN=Nc1ccc(N=NC)c2c1CCCC2. The summed E-state index contributed by atoms with van der Waals surface area (Å²) in [5.41, 5.74) is 4.60. The Bertz CT molecular complexity index is 394. The van der Waals surface area contributed by atoms with Gasteiger partial charge in [-0.25, -0.2) is 0 Å². The van der Waals surface area contributed by atoms with Gasteiger partial charge in [-0.3, -0.25) is 0 Å². The first kappa shape index (κ1) is 10.9. The molecule has 0 fully saturated rings. The summed E-state index contributed by atoms with van der Waals surface area (Å²) in [7, 11) is 3.41. The summed E-state index contributed by atoms with van der Waals surface area (Å²) in [4.78, 5) is 0. The minimum Gasteiger partial charge on any atom is -0.192 e. The minimum atomic E-state index is 0.993. The average Bonchev–Trinajstić information content (AvgIpc) is 2.33. The van der Waals surface area contributed by atoms with E-state index in [1.54, 1.807) is 14.1 Å². The summed E-state index contributed by atoms with van der Waals surface area (Å²) >= 11 is 0. The third kappa shape index (κ3) is 2.01. The van der Waals surface area contributed by atoms with Gasteiger partial charge in [0.2, 0.25) is 0 Å². The molecule has 0 saturated heterocycles. The molecule has 1 aromatic rings. The normalized spacial score (nSPS) is 15.9. The highest BCUT2D eigenvalue weighted by atomic mass is 15.1. The third-order valence-corrected chi connectivity index (χ3v) is 2.90. The van der Waals surface area contributed by atoms with Crippen LogP contribution in [0.3, 0.4) is 0 Å². The van der Waals surface area contributed by atoms with Crippen LogP contribution in [-0.4, -0.2) is 14.1 Å². The van der Waals surface area contributed by atoms with E-state index in [2.05, 4.69) is 20.5 Å². The van der Waals surface area contributed by atoms with Crippen molar-refractivity contribution < 1.29 is 0 Å². The molecule has 16 heavy (non-hydrogen) atoms. The fourth-order valence-electron chi connectivity index (χ4n) is 2.23. The lowest BCUT2D eigenvalue weighted by Crippen LogP contribution is -2.02. The van der Waals surface area contributed by atoms with Crippen LogP contribution in [0.4, 0.5) is 11.4 Å². The highest BCUT2D eigenvalue weighted by Crippen LogP contribution is 2.36. The largest absolute Gasteiger partial charge is 0.192 e. The molecule has 2 rings (SSSR count). The smallest absolute Gasteiger partial charge is 0.0888 e. The van der Waals surface area contributed by atoms with Crippen LogP contribution in [0.5, 0.6) is 0 Å². The molecule has 4 heteroatoms. The van der Waals surface area contributed by atoms with Crippen molar-refractivity contribution in [1.29, 1.82) is 0 Å². The first-order chi connectivity index (χ1) is 7.86. The number of azo groups is 2. The zero-order chi connectivity index (χ0) is 11.4. The average molecular weight is 216 g/mol. The molecule has 0 amide bonds. The van der Waals surface area contributed by atoms with Crippen LogP contribution in [-0.2, 0) is 12.8 Å². The highest BCUT2D eigenvalue weighted by molar-refractivity contribution is 5.61. The molecule has 0 N–H and O–H groups in total. The zero-order valence-electron chi connectivity index (χ0n) is 9.77. The van der Waals surface area contributed by atoms with E-state index < -0.39 is 0 Å². The maximum atomic E-state index is 4.17. The van der Waals surface area contributed by atoms with Crippen LogP contribution in [0.1, 0.15) is 24.0 Å². The van der Waals surface area contributed by atoms with Crippen LogP contribution >= 0.6 is 0 Å². The molecule has 0 aromatic heterocycles. The number of nitrogens with zero attached hydrogens (tertiary/aromatic N) is 4. The Hall–Kier alpha value is -1.58. The maximum Gasteiger partial charge on any atom is 0.0888 e. The van der Waals surface area contributed by atoms with Gasteiger partial charge in [-0.15, -0.1) is 0 Å². The predicted molar refractivity (Wildman–Crippen MR) is 64.0 cm³/mol. The van der Waals surface area contributed by atoms with Crippen molar-refractivity contribution in [3.63, 3.8) is 0 Å². The molecule has 0 aliphatic heterocycles. The molecule has 0 saturated carbocycles. The minimum absolute atomic E-state index is 0.993. The number of fused-ring (bicyclic) bond motifs is 1. The quantitative estimate of drug-likeness (QED) is 0.671. The lowest BCUT2D eigenvalue weighted by atomic mass is 9.89. The Morgan fingerprint density at radius 3 is 1.62 bits per heavy atom. The van der Waals surface area contributed by atoms with Gasteiger partial charge in [0.15, 0.2) is 0 Å². The molecule has 0 atom stereocenters. The Kier molecular flexibility index (Phi) is 3.39. The second-order valence-electron chi connectivity index (χ2n) is 3.87. The van der Waals surface area contributed by atoms with Gasteiger partial charge in [0.05, 0.1) is 11.4 Å². The number of rotatable bonds is 2. The molecule has 84 valence electrons. The van der Waals surface area contributed by atoms with Gasteiger partial charge in [0.1, 0.15) is 0 Å². The van der Waals surface area contributed by atoms with E-state index in [9.17, 15) is 0 Å². The molecular weight excluding hydrogens is 200 g/mol. The summed E-state index contributed by atoms with van der Waals surface area (Å²) in [5, 5.41) is 16.1. The Balaban J connectivity index is 2.54. The van der Waals surface area contributed by atoms with E-state index in [1.807, 2.05) is 12.1 Å². The van der Waals surface area contributed by atoms with Crippen LogP contribution in [0.25, 0.3) is 0 Å². The van der Waals surface area contributed by atoms with Crippen molar-refractivity contribution in [3.8, 4) is 0 Å². The third-order valence-electron chi connectivity index (χ3n) is 2.90. The second kappa shape index (κ2) is 4.96. The van der Waals surface area contributed by atoms with E-state index in [4.69, 9.17) is 0 Å². The van der Waals surface area contributed by atoms with Gasteiger partial charge in [-0.2, -0.15) is 20.5 Å². The lowest BCUT2D eigenvalue weighted by Gasteiger charge is -2.18. The first-order valence-corrected chi connectivity index (χ1v) is 5.61. The van der Waals surface area contributed by atoms with Gasteiger partial charge in [0.25, 0.3) is 0 Å². The summed E-state index contributed by atoms with van der Waals surface area (Å²) in [6.45, 7) is 0. The van der Waals surface area contributed by atoms with E-state index in [-0.39, 0.29) is 0 Å². The van der Waals surface area contributed by atoms with E-state index >= 15 is 0 Å². The molecule has 4 nitrogen and oxygen atoms in total. The van der Waals surface area contributed by atoms with Gasteiger partial charge < -0.3 is 0 Å². The summed E-state index contributed by atoms with van der Waals surface area (Å²) in [6, 6.07) is 3.97. The molecule has 0 spiro atoms. The van der Waals surface area contributed by atoms with Gasteiger partial charge in [0, 0.05) is 14.1 Å². The monoisotopic (exact) mass is 216 g/mol. The fraction of sp³-hybridized carbons (Fsp3) is 0.500. The van der Waals surface area contributed by atoms with E-state index in [1.165, 1.54) is 24.0 Å². The zero-order valence-corrected chi connectivity index (χ0v) is 9.77. The van der Waals surface area contributed by atoms with Gasteiger partial charge >= 0.3 is 0 Å². The van der Waals surface area contributed by atoms with Crippen LogP contribution in [0.15, 0.2) is 32.6 Å². The Morgan fingerprint density at radius 1 is 0.812 bits per heavy atom. The fourth-order valence-corrected chi connectivity index (χ4v) is 2.23. The van der Waals surface area contributed by atoms with Crippen LogP contribution in [0, 0.1) is 0 Å². The molecule has 1 aliphatic carbocycles. The first-order valence-electron chi connectivity index (χ1n) is 5.61. The van der Waals surface area contributed by atoms with E-state index in [0.29, 0.717) is 0 Å². The number of hydrogen-bond acceptors (Lipinski definition) is 4. The van der Waals surface area contributed by atoms with Crippen molar-refractivity contribution in [2.45, 2.75) is 25.7 Å². The molecule has 1 aromatic carbocycles. The van der Waals surface area contributed by atoms with Crippen LogP contribution < -0.4 is 0 Å². The van der Waals surface area contributed by atoms with E-state index in [0.717, 1.165) is 24.2 Å². The molecule has 0 bridgehead atoms. The molecular formula is C12H16N4. The summed E-state index contributed by atoms with van der Waals surface area (Å²) in [6.07, 6.45) is 4.62. The Labute approximate surface area is 95.5 Å². The summed E-state index contributed by atoms with van der Waals surface area (Å²) < 4.78 is 0.